The molecule has 0 fully saturated rings. The Morgan fingerprint density at radius 2 is 2.11 bits per heavy atom. The lowest BCUT2D eigenvalue weighted by atomic mass is 10.2. The summed E-state index contributed by atoms with van der Waals surface area (Å²) in [7, 11) is 0. The summed E-state index contributed by atoms with van der Waals surface area (Å²) in [5.74, 6) is 0.0354. The average Bonchev–Trinajstić information content (AvgIpc) is 2.37. The van der Waals surface area contributed by atoms with E-state index in [1.54, 1.807) is 25.3 Å². The summed E-state index contributed by atoms with van der Waals surface area (Å²) in [5, 5.41) is 10.9. The van der Waals surface area contributed by atoms with Crippen LogP contribution in [0.3, 0.4) is 0 Å². The number of hydrogen-bond acceptors (Lipinski definition) is 5. The Morgan fingerprint density at radius 3 is 2.79 bits per heavy atom. The summed E-state index contributed by atoms with van der Waals surface area (Å²) in [4.78, 5) is 18.6. The van der Waals surface area contributed by atoms with Gasteiger partial charge in [0.05, 0.1) is 4.92 Å². The van der Waals surface area contributed by atoms with Gasteiger partial charge in [-0.05, 0) is 26.0 Å². The number of hydrogen-bond donors (Lipinski definition) is 0. The number of aryl methyl sites for hydroxylation is 2. The second-order valence-corrected chi connectivity index (χ2v) is 4.07. The normalized spacial score (nSPS) is 10.2. The van der Waals surface area contributed by atoms with Gasteiger partial charge in [-0.25, -0.2) is 4.98 Å². The maximum absolute atomic E-state index is 10.9. The molecule has 0 atom stereocenters. The van der Waals surface area contributed by atoms with Crippen LogP contribution in [0.2, 0.25) is 0 Å². The van der Waals surface area contributed by atoms with E-state index in [0.29, 0.717) is 5.69 Å². The molecule has 2 rings (SSSR count). The summed E-state index contributed by atoms with van der Waals surface area (Å²) < 4.78 is 5.45. The van der Waals surface area contributed by atoms with Gasteiger partial charge in [0.2, 0.25) is 0 Å². The van der Waals surface area contributed by atoms with E-state index in [1.807, 2.05) is 13.0 Å². The zero-order chi connectivity index (χ0) is 13.8. The van der Waals surface area contributed by atoms with Crippen molar-refractivity contribution in [3.63, 3.8) is 0 Å². The fraction of sp³-hybridized carbons (Fsp3) is 0.231. The zero-order valence-corrected chi connectivity index (χ0v) is 10.7. The van der Waals surface area contributed by atoms with Crippen molar-refractivity contribution in [1.82, 2.24) is 9.97 Å². The maximum atomic E-state index is 10.9. The molecular formula is C13H13N3O3. The molecule has 98 valence electrons. The summed E-state index contributed by atoms with van der Waals surface area (Å²) >= 11 is 0. The quantitative estimate of drug-likeness (QED) is 0.622. The van der Waals surface area contributed by atoms with Gasteiger partial charge in [0, 0.05) is 29.2 Å². The number of rotatable bonds is 4. The smallest absolute Gasteiger partial charge is 0.330 e. The Bertz CT molecular complexity index is 614. The Morgan fingerprint density at radius 1 is 1.32 bits per heavy atom. The van der Waals surface area contributed by atoms with Gasteiger partial charge in [0.15, 0.2) is 0 Å². The van der Waals surface area contributed by atoms with E-state index in [1.165, 1.54) is 6.07 Å². The summed E-state index contributed by atoms with van der Waals surface area (Å²) in [6, 6.07) is 6.64. The van der Waals surface area contributed by atoms with E-state index in [9.17, 15) is 10.1 Å². The van der Waals surface area contributed by atoms with Crippen LogP contribution in [0, 0.1) is 24.0 Å². The van der Waals surface area contributed by atoms with Gasteiger partial charge in [0.1, 0.15) is 6.61 Å². The van der Waals surface area contributed by atoms with Gasteiger partial charge >= 0.3 is 5.69 Å². The zero-order valence-electron chi connectivity index (χ0n) is 10.7. The monoisotopic (exact) mass is 259 g/mol. The van der Waals surface area contributed by atoms with Crippen molar-refractivity contribution in [2.24, 2.45) is 0 Å². The molecule has 0 unspecified atom stereocenters. The van der Waals surface area contributed by atoms with E-state index in [2.05, 4.69) is 9.97 Å². The number of aromatic nitrogens is 2. The Labute approximate surface area is 110 Å². The molecule has 0 spiro atoms. The highest BCUT2D eigenvalue weighted by Crippen LogP contribution is 2.25. The number of nitrogens with zero attached hydrogens (tertiary/aromatic N) is 3. The highest BCUT2D eigenvalue weighted by Gasteiger charge is 2.17. The molecule has 0 aliphatic heterocycles. The molecular weight excluding hydrogens is 246 g/mol. The molecule has 6 nitrogen and oxygen atoms in total. The first-order chi connectivity index (χ1) is 9.08. The molecule has 0 aliphatic rings. The van der Waals surface area contributed by atoms with Crippen molar-refractivity contribution < 1.29 is 9.66 Å². The summed E-state index contributed by atoms with van der Waals surface area (Å²) in [6.07, 6.45) is 1.69. The van der Waals surface area contributed by atoms with Crippen molar-refractivity contribution in [3.8, 4) is 5.88 Å². The van der Waals surface area contributed by atoms with Crippen molar-refractivity contribution in [2.45, 2.75) is 20.5 Å². The van der Waals surface area contributed by atoms with E-state index in [-0.39, 0.29) is 18.2 Å². The average molecular weight is 259 g/mol. The minimum atomic E-state index is -0.502. The third-order valence-electron chi connectivity index (χ3n) is 2.66. The minimum absolute atomic E-state index is 0.0354. The van der Waals surface area contributed by atoms with Gasteiger partial charge in [-0.15, -0.1) is 0 Å². The van der Waals surface area contributed by atoms with E-state index in [4.69, 9.17) is 4.74 Å². The van der Waals surface area contributed by atoms with Gasteiger partial charge in [-0.1, -0.05) is 6.07 Å². The van der Waals surface area contributed by atoms with Crippen molar-refractivity contribution in [3.05, 3.63) is 57.5 Å². The van der Waals surface area contributed by atoms with Crippen LogP contribution in [-0.2, 0) is 6.61 Å². The molecule has 0 aromatic carbocycles. The topological polar surface area (TPSA) is 78.2 Å². The van der Waals surface area contributed by atoms with E-state index in [0.717, 1.165) is 11.3 Å². The maximum Gasteiger partial charge on any atom is 0.330 e. The van der Waals surface area contributed by atoms with Crippen LogP contribution in [0.4, 0.5) is 5.69 Å². The highest BCUT2D eigenvalue weighted by atomic mass is 16.6. The molecule has 0 saturated heterocycles. The Hall–Kier alpha value is -2.50. The van der Waals surface area contributed by atoms with Crippen molar-refractivity contribution in [1.29, 1.82) is 0 Å². The van der Waals surface area contributed by atoms with Crippen LogP contribution in [0.15, 0.2) is 30.5 Å². The molecule has 0 amide bonds. The number of pyridine rings is 2. The second-order valence-electron chi connectivity index (χ2n) is 4.07. The third-order valence-corrected chi connectivity index (χ3v) is 2.66. The van der Waals surface area contributed by atoms with Crippen molar-refractivity contribution >= 4 is 5.69 Å². The molecule has 0 bridgehead atoms. The van der Waals surface area contributed by atoms with Gasteiger partial charge in [0.25, 0.3) is 5.88 Å². The van der Waals surface area contributed by atoms with Crippen LogP contribution in [0.5, 0.6) is 5.88 Å². The minimum Gasteiger partial charge on any atom is -0.468 e. The molecule has 0 aliphatic carbocycles. The molecule has 0 saturated carbocycles. The number of nitro groups is 1. The molecule has 2 heterocycles. The fourth-order valence-electron chi connectivity index (χ4n) is 1.59. The van der Waals surface area contributed by atoms with Gasteiger partial charge in [-0.3, -0.25) is 15.1 Å². The fourth-order valence-corrected chi connectivity index (χ4v) is 1.59. The van der Waals surface area contributed by atoms with Crippen LogP contribution in [0.1, 0.15) is 17.0 Å². The first-order valence-corrected chi connectivity index (χ1v) is 5.73. The van der Waals surface area contributed by atoms with Crippen LogP contribution >= 0.6 is 0 Å². The largest absolute Gasteiger partial charge is 0.468 e. The highest BCUT2D eigenvalue weighted by molar-refractivity contribution is 5.41. The number of ether oxygens (including phenoxy) is 1. The SMILES string of the molecule is Cc1ccc([N+](=O)[O-])c(OCc2cccnc2C)n1. The van der Waals surface area contributed by atoms with Crippen LogP contribution in [-0.4, -0.2) is 14.9 Å². The lowest BCUT2D eigenvalue weighted by molar-refractivity contribution is -0.386. The van der Waals surface area contributed by atoms with Crippen LogP contribution < -0.4 is 4.74 Å². The molecule has 2 aromatic rings. The standard InChI is InChI=1S/C13H13N3O3/c1-9-5-6-12(16(17)18)13(15-9)19-8-11-4-3-7-14-10(11)2/h3-7H,8H2,1-2H3. The first-order valence-electron chi connectivity index (χ1n) is 5.73. The lowest BCUT2D eigenvalue weighted by Crippen LogP contribution is -2.03. The van der Waals surface area contributed by atoms with Gasteiger partial charge < -0.3 is 4.74 Å². The molecule has 19 heavy (non-hydrogen) atoms. The Balaban J connectivity index is 2.22. The summed E-state index contributed by atoms with van der Waals surface area (Å²) in [6.45, 7) is 3.82. The predicted octanol–water partition coefficient (Wildman–Crippen LogP) is 2.58. The van der Waals surface area contributed by atoms with Gasteiger partial charge in [-0.2, -0.15) is 0 Å². The first kappa shape index (κ1) is 12.9. The molecule has 2 aromatic heterocycles. The third kappa shape index (κ3) is 3.04. The Kier molecular flexibility index (Phi) is 3.70. The molecule has 0 radical (unpaired) electrons. The second kappa shape index (κ2) is 5.43. The van der Waals surface area contributed by atoms with Crippen molar-refractivity contribution in [2.75, 3.05) is 0 Å². The molecule has 6 heteroatoms. The van der Waals surface area contributed by atoms with E-state index < -0.39 is 4.92 Å². The lowest BCUT2D eigenvalue weighted by Gasteiger charge is -2.08. The van der Waals surface area contributed by atoms with Crippen LogP contribution in [0.25, 0.3) is 0 Å². The molecule has 0 N–H and O–H groups in total. The van der Waals surface area contributed by atoms with E-state index >= 15 is 0 Å². The summed E-state index contributed by atoms with van der Waals surface area (Å²) in [5.41, 5.74) is 2.24. The predicted molar refractivity (Wildman–Crippen MR) is 68.9 cm³/mol.